The number of thioether (sulfide) groups is 1. The zero-order valence-electron chi connectivity index (χ0n) is 25.1. The number of carboxylic acids is 1. The van der Waals surface area contributed by atoms with Crippen LogP contribution in [0.5, 0.6) is 5.75 Å². The van der Waals surface area contributed by atoms with Crippen molar-refractivity contribution in [3.8, 4) is 5.75 Å². The minimum Gasteiger partial charge on any atom is -0.480 e. The molecule has 3 unspecified atom stereocenters. The maximum Gasteiger partial charge on any atom is 0.330 e. The fourth-order valence-corrected chi connectivity index (χ4v) is 8.27. The smallest absolute Gasteiger partial charge is 0.330 e. The number of anilines is 2. The van der Waals surface area contributed by atoms with Gasteiger partial charge in [-0.3, -0.25) is 4.79 Å². The van der Waals surface area contributed by atoms with Gasteiger partial charge in [0.25, 0.3) is 5.91 Å². The summed E-state index contributed by atoms with van der Waals surface area (Å²) in [5, 5.41) is 12.3. The number of unbranched alkanes of at least 4 members (excludes halogenated alkanes) is 1. The second kappa shape index (κ2) is 13.9. The first-order valence-electron chi connectivity index (χ1n) is 14.6. The number of carboxylic acid groups (broad SMARTS) is 1. The van der Waals surface area contributed by atoms with Crippen molar-refractivity contribution < 1.29 is 27.9 Å². The van der Waals surface area contributed by atoms with Gasteiger partial charge in [0.2, 0.25) is 0 Å². The Hall–Kier alpha value is -3.50. The van der Waals surface area contributed by atoms with Gasteiger partial charge in [-0.15, -0.1) is 11.8 Å². The molecule has 0 aliphatic carbocycles. The molecule has 0 bridgehead atoms. The zero-order chi connectivity index (χ0) is 31.2. The van der Waals surface area contributed by atoms with Gasteiger partial charge in [0.1, 0.15) is 5.75 Å². The number of aliphatic carboxylic acids is 1. The summed E-state index contributed by atoms with van der Waals surface area (Å²) in [6.07, 6.45) is 4.18. The van der Waals surface area contributed by atoms with Crippen molar-refractivity contribution in [1.29, 1.82) is 0 Å². The van der Waals surface area contributed by atoms with Gasteiger partial charge in [-0.05, 0) is 49.8 Å². The second-order valence-electron chi connectivity index (χ2n) is 11.1. The molecule has 10 heteroatoms. The van der Waals surface area contributed by atoms with Crippen LogP contribution in [0.4, 0.5) is 11.4 Å². The minimum atomic E-state index is -3.75. The Morgan fingerprint density at radius 2 is 1.72 bits per heavy atom. The van der Waals surface area contributed by atoms with Gasteiger partial charge in [0.05, 0.1) is 21.2 Å². The number of para-hydroxylation sites is 1. The molecule has 0 aromatic heterocycles. The van der Waals surface area contributed by atoms with Crippen molar-refractivity contribution in [2.24, 2.45) is 5.41 Å². The SMILES string of the molecule is CCCCC1(CC)CN(c2ccccc2)c2cc(SC)c(OC(C)C(=O)NC(C(=O)O)c3ccccc3)cc2S(=O)(=O)C1. The van der Waals surface area contributed by atoms with Crippen LogP contribution >= 0.6 is 11.8 Å². The Morgan fingerprint density at radius 1 is 1.07 bits per heavy atom. The first-order chi connectivity index (χ1) is 20.5. The fraction of sp³-hybridized carbons (Fsp3) is 0.394. The molecule has 8 nitrogen and oxygen atoms in total. The fourth-order valence-electron chi connectivity index (χ4n) is 5.56. The molecule has 0 spiro atoms. The van der Waals surface area contributed by atoms with E-state index in [0.29, 0.717) is 29.1 Å². The summed E-state index contributed by atoms with van der Waals surface area (Å²) in [4.78, 5) is 28.0. The lowest BCUT2D eigenvalue weighted by Gasteiger charge is -2.36. The van der Waals surface area contributed by atoms with Crippen LogP contribution in [-0.4, -0.2) is 50.1 Å². The summed E-state index contributed by atoms with van der Waals surface area (Å²) in [7, 11) is -3.75. The Kier molecular flexibility index (Phi) is 10.4. The first-order valence-corrected chi connectivity index (χ1v) is 17.4. The van der Waals surface area contributed by atoms with Gasteiger partial charge in [-0.1, -0.05) is 75.2 Å². The monoisotopic (exact) mass is 624 g/mol. The summed E-state index contributed by atoms with van der Waals surface area (Å²) < 4.78 is 34.3. The molecule has 0 fully saturated rings. The highest BCUT2D eigenvalue weighted by atomic mass is 32.2. The highest BCUT2D eigenvalue weighted by molar-refractivity contribution is 7.98. The molecule has 1 heterocycles. The number of carbonyl (C=O) groups excluding carboxylic acids is 1. The van der Waals surface area contributed by atoms with E-state index in [9.17, 15) is 23.1 Å². The molecule has 43 heavy (non-hydrogen) atoms. The minimum absolute atomic E-state index is 0.0122. The highest BCUT2D eigenvalue weighted by Crippen LogP contribution is 2.47. The summed E-state index contributed by atoms with van der Waals surface area (Å²) in [5.41, 5.74) is 1.48. The quantitative estimate of drug-likeness (QED) is 0.216. The van der Waals surface area contributed by atoms with Crippen LogP contribution in [0, 0.1) is 5.41 Å². The van der Waals surface area contributed by atoms with Gasteiger partial charge >= 0.3 is 5.97 Å². The van der Waals surface area contributed by atoms with Gasteiger partial charge in [0.15, 0.2) is 22.0 Å². The number of rotatable bonds is 12. The third-order valence-electron chi connectivity index (χ3n) is 8.08. The molecule has 2 N–H and O–H groups in total. The molecule has 0 saturated carbocycles. The molecular formula is C33H40N2O6S2. The number of ether oxygens (including phenoxy) is 1. The van der Waals surface area contributed by atoms with Crippen molar-refractivity contribution in [1.82, 2.24) is 5.32 Å². The summed E-state index contributed by atoms with van der Waals surface area (Å²) in [6, 6.07) is 20.3. The van der Waals surface area contributed by atoms with Crippen LogP contribution in [0.1, 0.15) is 58.1 Å². The number of fused-ring (bicyclic) bond motifs is 1. The largest absolute Gasteiger partial charge is 0.480 e. The van der Waals surface area contributed by atoms with Crippen LogP contribution in [-0.2, 0) is 19.4 Å². The molecule has 4 rings (SSSR count). The van der Waals surface area contributed by atoms with Crippen molar-refractivity contribution in [2.45, 2.75) is 68.4 Å². The average Bonchev–Trinajstić information content (AvgIpc) is 3.10. The van der Waals surface area contributed by atoms with Crippen LogP contribution in [0.2, 0.25) is 0 Å². The normalized spacial score (nSPS) is 19.0. The lowest BCUT2D eigenvalue weighted by atomic mass is 9.81. The van der Waals surface area contributed by atoms with E-state index in [1.807, 2.05) is 42.7 Å². The molecular weight excluding hydrogens is 585 g/mol. The average molecular weight is 625 g/mol. The first kappa shape index (κ1) is 32.4. The maximum atomic E-state index is 14.1. The van der Waals surface area contributed by atoms with Crippen LogP contribution < -0.4 is 15.0 Å². The van der Waals surface area contributed by atoms with Crippen molar-refractivity contribution in [2.75, 3.05) is 23.5 Å². The molecule has 3 atom stereocenters. The molecule has 0 radical (unpaired) electrons. The Morgan fingerprint density at radius 3 is 2.30 bits per heavy atom. The lowest BCUT2D eigenvalue weighted by molar-refractivity contribution is -0.143. The molecule has 0 saturated heterocycles. The number of benzene rings is 3. The number of hydrogen-bond acceptors (Lipinski definition) is 7. The van der Waals surface area contributed by atoms with Crippen molar-refractivity contribution in [3.05, 3.63) is 78.4 Å². The lowest BCUT2D eigenvalue weighted by Crippen LogP contribution is -2.41. The zero-order valence-corrected chi connectivity index (χ0v) is 26.7. The molecule has 1 aliphatic rings. The van der Waals surface area contributed by atoms with Gasteiger partial charge in [-0.25, -0.2) is 13.2 Å². The molecule has 3 aromatic rings. The number of nitrogens with zero attached hydrogens (tertiary/aromatic N) is 1. The Bertz CT molecular complexity index is 1530. The van der Waals surface area contributed by atoms with E-state index in [-0.39, 0.29) is 16.4 Å². The second-order valence-corrected chi connectivity index (χ2v) is 13.9. The van der Waals surface area contributed by atoms with Gasteiger partial charge in [0, 0.05) is 23.7 Å². The van der Waals surface area contributed by atoms with Gasteiger partial charge in [-0.2, -0.15) is 0 Å². The van der Waals surface area contributed by atoms with E-state index in [4.69, 9.17) is 4.74 Å². The van der Waals surface area contributed by atoms with E-state index in [2.05, 4.69) is 24.1 Å². The number of hydrogen-bond donors (Lipinski definition) is 2. The Labute approximate surface area is 258 Å². The van der Waals surface area contributed by atoms with Crippen molar-refractivity contribution >= 4 is 44.9 Å². The third kappa shape index (κ3) is 7.36. The van der Waals surface area contributed by atoms with Crippen LogP contribution in [0.25, 0.3) is 0 Å². The van der Waals surface area contributed by atoms with Crippen LogP contribution in [0.15, 0.2) is 82.6 Å². The number of nitrogens with one attached hydrogen (secondary N) is 1. The van der Waals surface area contributed by atoms with Gasteiger partial charge < -0.3 is 20.1 Å². The van der Waals surface area contributed by atoms with Crippen LogP contribution in [0.3, 0.4) is 0 Å². The molecule has 1 amide bonds. The topological polar surface area (TPSA) is 113 Å². The number of carbonyl (C=O) groups is 2. The van der Waals surface area contributed by atoms with Crippen molar-refractivity contribution in [3.63, 3.8) is 0 Å². The number of sulfone groups is 1. The highest BCUT2D eigenvalue weighted by Gasteiger charge is 2.42. The van der Waals surface area contributed by atoms with E-state index in [1.165, 1.54) is 24.8 Å². The summed E-state index contributed by atoms with van der Waals surface area (Å²) in [5.74, 6) is -1.56. The van der Waals surface area contributed by atoms with E-state index < -0.39 is 39.3 Å². The number of amides is 1. The molecule has 1 aliphatic heterocycles. The standard InChI is InChI=1S/C33H40N2O6S2/c1-5-7-18-33(6-2)21-35(25-16-12-9-13-17-25)26-19-28(42-4)27(20-29(26)43(39,40)22-33)41-23(3)31(36)34-30(32(37)38)24-14-10-8-11-15-24/h8-17,19-20,23,30H,5-7,18,21-22H2,1-4H3,(H,34,36)(H,37,38). The Balaban J connectivity index is 1.73. The van der Waals surface area contributed by atoms with E-state index in [1.54, 1.807) is 30.3 Å². The summed E-state index contributed by atoms with van der Waals surface area (Å²) >= 11 is 1.39. The van der Waals surface area contributed by atoms with E-state index >= 15 is 0 Å². The summed E-state index contributed by atoms with van der Waals surface area (Å²) in [6.45, 7) is 6.25. The predicted molar refractivity (Wildman–Crippen MR) is 171 cm³/mol. The third-order valence-corrected chi connectivity index (χ3v) is 10.8. The maximum absolute atomic E-state index is 14.1. The van der Waals surface area contributed by atoms with E-state index in [0.717, 1.165) is 24.9 Å². The molecule has 3 aromatic carbocycles. The molecule has 230 valence electrons. The predicted octanol–water partition coefficient (Wildman–Crippen LogP) is 6.63.